The maximum atomic E-state index is 11.6. The molecule has 1 aromatic heterocycles. The van der Waals surface area contributed by atoms with E-state index in [1.165, 1.54) is 19.3 Å². The molecule has 0 aromatic carbocycles. The third-order valence-electron chi connectivity index (χ3n) is 1.63. The van der Waals surface area contributed by atoms with Crippen LogP contribution in [0.1, 0.15) is 0 Å². The SMILES string of the molecule is CN(CC#N)C(=O)n1ccc(OS(C)(=O)=O)n1. The lowest BCUT2D eigenvalue weighted by molar-refractivity contribution is 0.211. The Bertz CT molecular complexity index is 556. The summed E-state index contributed by atoms with van der Waals surface area (Å²) in [5.41, 5.74) is 0. The number of carbonyl (C=O) groups is 1. The minimum Gasteiger partial charge on any atom is -0.360 e. The molecule has 1 heterocycles. The summed E-state index contributed by atoms with van der Waals surface area (Å²) in [5.74, 6) is -0.203. The first-order valence-electron chi connectivity index (χ1n) is 4.41. The monoisotopic (exact) mass is 258 g/mol. The van der Waals surface area contributed by atoms with E-state index in [2.05, 4.69) is 9.28 Å². The molecule has 1 rings (SSSR count). The van der Waals surface area contributed by atoms with Crippen LogP contribution in [-0.4, -0.2) is 49.0 Å². The van der Waals surface area contributed by atoms with Crippen LogP contribution in [-0.2, 0) is 10.1 Å². The Kier molecular flexibility index (Phi) is 3.69. The first-order valence-corrected chi connectivity index (χ1v) is 6.22. The van der Waals surface area contributed by atoms with Gasteiger partial charge in [-0.05, 0) is 0 Å². The summed E-state index contributed by atoms with van der Waals surface area (Å²) in [6.07, 6.45) is 2.12. The molecule has 0 bridgehead atoms. The van der Waals surface area contributed by atoms with Crippen molar-refractivity contribution in [2.75, 3.05) is 19.8 Å². The highest BCUT2D eigenvalue weighted by Gasteiger charge is 2.14. The van der Waals surface area contributed by atoms with Crippen LogP contribution in [0.15, 0.2) is 12.3 Å². The van der Waals surface area contributed by atoms with Crippen molar-refractivity contribution in [2.24, 2.45) is 0 Å². The summed E-state index contributed by atoms with van der Waals surface area (Å²) >= 11 is 0. The van der Waals surface area contributed by atoms with Crippen LogP contribution >= 0.6 is 0 Å². The van der Waals surface area contributed by atoms with E-state index in [1.54, 1.807) is 6.07 Å². The Balaban J connectivity index is 2.82. The zero-order valence-electron chi connectivity index (χ0n) is 9.19. The Morgan fingerprint density at radius 2 is 2.35 bits per heavy atom. The fourth-order valence-electron chi connectivity index (χ4n) is 0.962. The van der Waals surface area contributed by atoms with Crippen LogP contribution in [0.25, 0.3) is 0 Å². The number of carbonyl (C=O) groups excluding carboxylic acids is 1. The van der Waals surface area contributed by atoms with Gasteiger partial charge >= 0.3 is 16.1 Å². The third kappa shape index (κ3) is 3.76. The van der Waals surface area contributed by atoms with Gasteiger partial charge in [-0.1, -0.05) is 0 Å². The van der Waals surface area contributed by atoms with Crippen LogP contribution in [0.3, 0.4) is 0 Å². The topological polar surface area (TPSA) is 105 Å². The molecule has 0 spiro atoms. The van der Waals surface area contributed by atoms with Gasteiger partial charge in [0.25, 0.3) is 5.88 Å². The Morgan fingerprint density at radius 3 is 2.88 bits per heavy atom. The van der Waals surface area contributed by atoms with Gasteiger partial charge in [0, 0.05) is 19.3 Å². The summed E-state index contributed by atoms with van der Waals surface area (Å²) in [5, 5.41) is 12.0. The second-order valence-corrected chi connectivity index (χ2v) is 4.76. The standard InChI is InChI=1S/C8H10N4O4S/c1-11(6-4-9)8(13)12-5-3-7(10-12)16-17(2,14)15/h3,5H,6H2,1-2H3. The van der Waals surface area contributed by atoms with Crippen molar-refractivity contribution in [2.45, 2.75) is 0 Å². The Labute approximate surface area is 98.1 Å². The molecule has 0 aliphatic rings. The van der Waals surface area contributed by atoms with Crippen molar-refractivity contribution < 1.29 is 17.4 Å². The number of nitrogens with zero attached hydrogens (tertiary/aromatic N) is 4. The predicted octanol–water partition coefficient (Wildman–Crippen LogP) is -0.355. The van der Waals surface area contributed by atoms with Gasteiger partial charge in [0.15, 0.2) is 0 Å². The number of aromatic nitrogens is 2. The van der Waals surface area contributed by atoms with E-state index < -0.39 is 16.1 Å². The zero-order valence-corrected chi connectivity index (χ0v) is 10.0. The van der Waals surface area contributed by atoms with E-state index >= 15 is 0 Å². The summed E-state index contributed by atoms with van der Waals surface area (Å²) in [6.45, 7) is -0.0963. The molecule has 0 fully saturated rings. The van der Waals surface area contributed by atoms with E-state index in [0.29, 0.717) is 0 Å². The molecule has 0 saturated heterocycles. The fraction of sp³-hybridized carbons (Fsp3) is 0.375. The molecule has 17 heavy (non-hydrogen) atoms. The summed E-state index contributed by atoms with van der Waals surface area (Å²) in [7, 11) is -2.25. The Morgan fingerprint density at radius 1 is 1.71 bits per heavy atom. The lowest BCUT2D eigenvalue weighted by atomic mass is 10.6. The van der Waals surface area contributed by atoms with Crippen molar-refractivity contribution in [3.05, 3.63) is 12.3 Å². The van der Waals surface area contributed by atoms with Crippen molar-refractivity contribution in [1.82, 2.24) is 14.7 Å². The summed E-state index contributed by atoms with van der Waals surface area (Å²) in [6, 6.07) is 2.48. The second kappa shape index (κ2) is 4.84. The van der Waals surface area contributed by atoms with E-state index in [-0.39, 0.29) is 12.4 Å². The van der Waals surface area contributed by atoms with Gasteiger partial charge in [-0.25, -0.2) is 4.79 Å². The summed E-state index contributed by atoms with van der Waals surface area (Å²) < 4.78 is 27.0. The fourth-order valence-corrected chi connectivity index (χ4v) is 1.36. The van der Waals surface area contributed by atoms with Crippen molar-refractivity contribution in [3.63, 3.8) is 0 Å². The first kappa shape index (κ1) is 13.0. The van der Waals surface area contributed by atoms with Crippen LogP contribution in [0.4, 0.5) is 4.79 Å². The minimum absolute atomic E-state index is 0.0963. The average molecular weight is 258 g/mol. The molecule has 0 saturated carbocycles. The largest absolute Gasteiger partial charge is 0.360 e. The lowest BCUT2D eigenvalue weighted by Gasteiger charge is -2.11. The molecule has 9 heteroatoms. The highest BCUT2D eigenvalue weighted by atomic mass is 32.2. The quantitative estimate of drug-likeness (QED) is 0.541. The van der Waals surface area contributed by atoms with E-state index in [9.17, 15) is 13.2 Å². The third-order valence-corrected chi connectivity index (χ3v) is 2.11. The molecular weight excluding hydrogens is 248 g/mol. The predicted molar refractivity (Wildman–Crippen MR) is 56.7 cm³/mol. The van der Waals surface area contributed by atoms with Crippen molar-refractivity contribution in [3.8, 4) is 11.9 Å². The van der Waals surface area contributed by atoms with E-state index in [0.717, 1.165) is 15.8 Å². The van der Waals surface area contributed by atoms with Crippen molar-refractivity contribution in [1.29, 1.82) is 5.26 Å². The highest BCUT2D eigenvalue weighted by molar-refractivity contribution is 7.86. The maximum absolute atomic E-state index is 11.6. The van der Waals surface area contributed by atoms with E-state index in [1.807, 2.05) is 0 Å². The molecule has 1 aromatic rings. The van der Waals surface area contributed by atoms with E-state index in [4.69, 9.17) is 5.26 Å². The lowest BCUT2D eigenvalue weighted by Crippen LogP contribution is -2.31. The Hall–Kier alpha value is -2.08. The average Bonchev–Trinajstić information content (AvgIpc) is 2.62. The molecule has 1 amide bonds. The van der Waals surface area contributed by atoms with Gasteiger partial charge in [-0.3, -0.25) is 0 Å². The number of hydrogen-bond donors (Lipinski definition) is 0. The minimum atomic E-state index is -3.67. The maximum Gasteiger partial charge on any atom is 0.345 e. The van der Waals surface area contributed by atoms with Gasteiger partial charge in [-0.15, -0.1) is 5.10 Å². The normalized spacial score (nSPS) is 10.6. The molecule has 0 N–H and O–H groups in total. The van der Waals surface area contributed by atoms with Gasteiger partial charge in [0.2, 0.25) is 0 Å². The van der Waals surface area contributed by atoms with Crippen LogP contribution in [0.2, 0.25) is 0 Å². The molecule has 0 unspecified atom stereocenters. The number of amides is 1. The van der Waals surface area contributed by atoms with Crippen molar-refractivity contribution >= 4 is 16.1 Å². The smallest absolute Gasteiger partial charge is 0.345 e. The van der Waals surface area contributed by atoms with Crippen LogP contribution in [0.5, 0.6) is 5.88 Å². The van der Waals surface area contributed by atoms with Gasteiger partial charge in [0.05, 0.1) is 12.3 Å². The van der Waals surface area contributed by atoms with Gasteiger partial charge in [0.1, 0.15) is 6.54 Å². The number of rotatable bonds is 3. The zero-order chi connectivity index (χ0) is 13.1. The van der Waals surface area contributed by atoms with Crippen LogP contribution < -0.4 is 4.18 Å². The molecule has 0 aliphatic carbocycles. The summed E-state index contributed by atoms with van der Waals surface area (Å²) in [4.78, 5) is 12.7. The molecule has 0 aliphatic heterocycles. The number of hydrogen-bond acceptors (Lipinski definition) is 6. The van der Waals surface area contributed by atoms with Gasteiger partial charge in [-0.2, -0.15) is 18.4 Å². The molecule has 0 atom stereocenters. The first-order chi connectivity index (χ1) is 7.83. The molecule has 0 radical (unpaired) electrons. The number of nitriles is 1. The molecular formula is C8H10N4O4S. The van der Waals surface area contributed by atoms with Crippen LogP contribution in [0, 0.1) is 11.3 Å². The molecule has 8 nitrogen and oxygen atoms in total. The molecule has 92 valence electrons. The second-order valence-electron chi connectivity index (χ2n) is 3.18. The highest BCUT2D eigenvalue weighted by Crippen LogP contribution is 2.08. The van der Waals surface area contributed by atoms with Gasteiger partial charge < -0.3 is 9.08 Å².